The zero-order valence-corrected chi connectivity index (χ0v) is 18.3. The maximum absolute atomic E-state index is 13.0. The summed E-state index contributed by atoms with van der Waals surface area (Å²) in [7, 11) is -1.44. The third kappa shape index (κ3) is 4.11. The standard InChI is InChI=1S/C19H20Cl2N3O3P/c1-5-27-28(4,25)18-7-12-15(6-11(18)2)22-10-23-19(12)24-16-9-17(26-3)14(21)8-13(16)20/h6-10H,5H2,1-4H3,(H,22,23,24). The lowest BCUT2D eigenvalue weighted by molar-refractivity contribution is 0.344. The van der Waals surface area contributed by atoms with Gasteiger partial charge in [0.25, 0.3) is 0 Å². The van der Waals surface area contributed by atoms with Gasteiger partial charge in [0.1, 0.15) is 17.9 Å². The number of hydrogen-bond acceptors (Lipinski definition) is 6. The van der Waals surface area contributed by atoms with Crippen LogP contribution in [-0.2, 0) is 9.09 Å². The van der Waals surface area contributed by atoms with Crippen LogP contribution in [0, 0.1) is 6.92 Å². The second kappa shape index (κ2) is 8.26. The summed E-state index contributed by atoms with van der Waals surface area (Å²) in [6.45, 7) is 5.68. The summed E-state index contributed by atoms with van der Waals surface area (Å²) in [4.78, 5) is 8.66. The van der Waals surface area contributed by atoms with Crippen molar-refractivity contribution in [3.8, 4) is 5.75 Å². The van der Waals surface area contributed by atoms with Crippen LogP contribution < -0.4 is 15.4 Å². The van der Waals surface area contributed by atoms with E-state index in [2.05, 4.69) is 15.3 Å². The second-order valence-corrected chi connectivity index (χ2v) is 9.48. The molecule has 6 nitrogen and oxygen atoms in total. The molecule has 0 aliphatic heterocycles. The smallest absolute Gasteiger partial charge is 0.229 e. The van der Waals surface area contributed by atoms with Gasteiger partial charge < -0.3 is 14.6 Å². The summed E-state index contributed by atoms with van der Waals surface area (Å²) in [6, 6.07) is 6.97. The molecule has 0 saturated heterocycles. The fraction of sp³-hybridized carbons (Fsp3) is 0.263. The summed E-state index contributed by atoms with van der Waals surface area (Å²) in [6.07, 6.45) is 1.46. The van der Waals surface area contributed by atoms with Crippen LogP contribution in [-0.4, -0.2) is 30.3 Å². The lowest BCUT2D eigenvalue weighted by Crippen LogP contribution is -2.11. The van der Waals surface area contributed by atoms with Gasteiger partial charge in [0.15, 0.2) is 0 Å². The van der Waals surface area contributed by atoms with Crippen molar-refractivity contribution in [3.05, 3.63) is 46.2 Å². The van der Waals surface area contributed by atoms with E-state index in [9.17, 15) is 4.57 Å². The number of rotatable bonds is 6. The van der Waals surface area contributed by atoms with Crippen molar-refractivity contribution in [1.82, 2.24) is 9.97 Å². The molecule has 0 aliphatic rings. The second-order valence-electron chi connectivity index (χ2n) is 6.23. The number of hydrogen-bond donors (Lipinski definition) is 1. The Morgan fingerprint density at radius 3 is 2.57 bits per heavy atom. The van der Waals surface area contributed by atoms with Crippen LogP contribution in [0.2, 0.25) is 10.0 Å². The van der Waals surface area contributed by atoms with Crippen LogP contribution in [0.5, 0.6) is 5.75 Å². The minimum atomic E-state index is -2.96. The van der Waals surface area contributed by atoms with Crippen molar-refractivity contribution in [2.45, 2.75) is 13.8 Å². The third-order valence-corrected chi connectivity index (χ3v) is 6.98. The number of fused-ring (bicyclic) bond motifs is 1. The Morgan fingerprint density at radius 1 is 1.14 bits per heavy atom. The normalized spacial score (nSPS) is 13.4. The first-order valence-corrected chi connectivity index (χ1v) is 11.4. The van der Waals surface area contributed by atoms with Gasteiger partial charge in [-0.2, -0.15) is 0 Å². The van der Waals surface area contributed by atoms with Crippen LogP contribution >= 0.6 is 30.6 Å². The number of aryl methyl sites for hydroxylation is 1. The molecule has 1 heterocycles. The van der Waals surface area contributed by atoms with E-state index in [0.717, 1.165) is 5.56 Å². The molecule has 0 fully saturated rings. The van der Waals surface area contributed by atoms with Crippen LogP contribution in [0.4, 0.5) is 11.5 Å². The van der Waals surface area contributed by atoms with Gasteiger partial charge in [-0.05, 0) is 37.6 Å². The predicted octanol–water partition coefficient (Wildman–Crippen LogP) is 5.57. The molecule has 148 valence electrons. The molecule has 1 atom stereocenters. The first-order valence-electron chi connectivity index (χ1n) is 8.55. The van der Waals surface area contributed by atoms with Crippen LogP contribution in [0.25, 0.3) is 10.9 Å². The molecule has 9 heteroatoms. The lowest BCUT2D eigenvalue weighted by Gasteiger charge is -2.17. The minimum Gasteiger partial charge on any atom is -0.495 e. The first-order chi connectivity index (χ1) is 13.3. The molecule has 28 heavy (non-hydrogen) atoms. The Morgan fingerprint density at radius 2 is 1.89 bits per heavy atom. The van der Waals surface area contributed by atoms with Gasteiger partial charge in [-0.15, -0.1) is 0 Å². The fourth-order valence-electron chi connectivity index (χ4n) is 2.96. The molecule has 1 N–H and O–H groups in total. The molecule has 0 amide bonds. The molecular formula is C19H20Cl2N3O3P. The van der Waals surface area contributed by atoms with E-state index in [1.54, 1.807) is 18.8 Å². The number of halogens is 2. The molecular weight excluding hydrogens is 420 g/mol. The lowest BCUT2D eigenvalue weighted by atomic mass is 10.1. The summed E-state index contributed by atoms with van der Waals surface area (Å²) in [5, 5.41) is 5.36. The van der Waals surface area contributed by atoms with Crippen molar-refractivity contribution in [2.75, 3.05) is 25.7 Å². The zero-order chi connectivity index (χ0) is 20.5. The van der Waals surface area contributed by atoms with E-state index in [1.165, 1.54) is 13.4 Å². The first kappa shape index (κ1) is 20.9. The van der Waals surface area contributed by atoms with Gasteiger partial charge in [-0.25, -0.2) is 9.97 Å². The van der Waals surface area contributed by atoms with Crippen LogP contribution in [0.1, 0.15) is 12.5 Å². The van der Waals surface area contributed by atoms with Gasteiger partial charge >= 0.3 is 0 Å². The summed E-state index contributed by atoms with van der Waals surface area (Å²) < 4.78 is 23.8. The predicted molar refractivity (Wildman–Crippen MR) is 115 cm³/mol. The number of ether oxygens (including phenoxy) is 1. The van der Waals surface area contributed by atoms with E-state index in [1.807, 2.05) is 26.0 Å². The van der Waals surface area contributed by atoms with Gasteiger partial charge in [-0.3, -0.25) is 4.57 Å². The molecule has 1 unspecified atom stereocenters. The van der Waals surface area contributed by atoms with Gasteiger partial charge in [0.2, 0.25) is 7.37 Å². The van der Waals surface area contributed by atoms with Crippen LogP contribution in [0.15, 0.2) is 30.6 Å². The van der Waals surface area contributed by atoms with Crippen molar-refractivity contribution in [3.63, 3.8) is 0 Å². The van der Waals surface area contributed by atoms with Crippen molar-refractivity contribution in [2.24, 2.45) is 0 Å². The monoisotopic (exact) mass is 439 g/mol. The summed E-state index contributed by atoms with van der Waals surface area (Å²) in [5.41, 5.74) is 2.14. The molecule has 3 rings (SSSR count). The SMILES string of the molecule is CCOP(C)(=O)c1cc2c(Nc3cc(OC)c(Cl)cc3Cl)ncnc2cc1C. The topological polar surface area (TPSA) is 73.3 Å². The van der Waals surface area contributed by atoms with E-state index in [0.29, 0.717) is 50.1 Å². The van der Waals surface area contributed by atoms with E-state index >= 15 is 0 Å². The molecule has 0 spiro atoms. The number of anilines is 2. The van der Waals surface area contributed by atoms with Crippen molar-refractivity contribution in [1.29, 1.82) is 0 Å². The average Bonchev–Trinajstić information content (AvgIpc) is 2.63. The average molecular weight is 440 g/mol. The highest BCUT2D eigenvalue weighted by Gasteiger charge is 2.23. The Labute approximate surface area is 173 Å². The zero-order valence-electron chi connectivity index (χ0n) is 15.9. The minimum absolute atomic E-state index is 0.363. The van der Waals surface area contributed by atoms with E-state index in [-0.39, 0.29) is 0 Å². The molecule has 0 saturated carbocycles. The Balaban J connectivity index is 2.14. The maximum Gasteiger partial charge on any atom is 0.229 e. The molecule has 0 aliphatic carbocycles. The summed E-state index contributed by atoms with van der Waals surface area (Å²) >= 11 is 12.4. The Hall–Kier alpha value is -1.85. The Bertz CT molecular complexity index is 1090. The van der Waals surface area contributed by atoms with E-state index < -0.39 is 7.37 Å². The Kier molecular flexibility index (Phi) is 6.15. The fourth-order valence-corrected chi connectivity index (χ4v) is 5.17. The van der Waals surface area contributed by atoms with Crippen molar-refractivity contribution >= 4 is 58.3 Å². The third-order valence-electron chi connectivity index (χ3n) is 4.26. The molecule has 2 aromatic carbocycles. The molecule has 1 aromatic heterocycles. The highest BCUT2D eigenvalue weighted by atomic mass is 35.5. The molecule has 0 radical (unpaired) electrons. The number of nitrogens with one attached hydrogen (secondary N) is 1. The quantitative estimate of drug-likeness (QED) is 0.506. The molecule has 0 bridgehead atoms. The van der Waals surface area contributed by atoms with Gasteiger partial charge in [-0.1, -0.05) is 23.2 Å². The van der Waals surface area contributed by atoms with Crippen molar-refractivity contribution < 1.29 is 13.8 Å². The van der Waals surface area contributed by atoms with E-state index in [4.69, 9.17) is 32.5 Å². The number of nitrogens with zero attached hydrogens (tertiary/aromatic N) is 2. The molecule has 3 aromatic rings. The van der Waals surface area contributed by atoms with Gasteiger partial charge in [0, 0.05) is 23.4 Å². The summed E-state index contributed by atoms with van der Waals surface area (Å²) in [5.74, 6) is 1.01. The number of methoxy groups -OCH3 is 1. The van der Waals surface area contributed by atoms with Gasteiger partial charge in [0.05, 0.1) is 35.0 Å². The number of aromatic nitrogens is 2. The largest absolute Gasteiger partial charge is 0.495 e. The highest BCUT2D eigenvalue weighted by Crippen LogP contribution is 2.43. The highest BCUT2D eigenvalue weighted by molar-refractivity contribution is 7.66. The van der Waals surface area contributed by atoms with Crippen LogP contribution in [0.3, 0.4) is 0 Å². The number of benzene rings is 2. The maximum atomic E-state index is 13.0.